The van der Waals surface area contributed by atoms with E-state index in [4.69, 9.17) is 20.4 Å². The molecule has 2 rings (SSSR count). The van der Waals surface area contributed by atoms with Gasteiger partial charge < -0.3 is 8.83 Å². The first-order valence-electron chi connectivity index (χ1n) is 3.31. The van der Waals surface area contributed by atoms with Gasteiger partial charge in [0.2, 0.25) is 5.89 Å². The lowest BCUT2D eigenvalue weighted by atomic mass is 10.5. The largest absolute Gasteiger partial charge is 0.440 e. The Morgan fingerprint density at radius 2 is 2.08 bits per heavy atom. The molecule has 0 bridgehead atoms. The molecule has 5 heteroatoms. The number of hydrogen-bond acceptors (Lipinski definition) is 4. The van der Waals surface area contributed by atoms with Crippen molar-refractivity contribution < 1.29 is 8.83 Å². The number of hydrogen-bond donors (Lipinski definition) is 0. The van der Waals surface area contributed by atoms with Crippen molar-refractivity contribution in [2.75, 3.05) is 0 Å². The van der Waals surface area contributed by atoms with Crippen LogP contribution in [0.3, 0.4) is 0 Å². The summed E-state index contributed by atoms with van der Waals surface area (Å²) in [5.41, 5.74) is 0. The number of aryl methyl sites for hydroxylation is 1. The van der Waals surface area contributed by atoms with E-state index in [-0.39, 0.29) is 0 Å². The molecule has 0 radical (unpaired) electrons. The van der Waals surface area contributed by atoms with E-state index in [1.54, 1.807) is 19.1 Å². The van der Waals surface area contributed by atoms with Crippen LogP contribution in [0.5, 0.6) is 0 Å². The van der Waals surface area contributed by atoms with Gasteiger partial charge in [0.15, 0.2) is 11.0 Å². The van der Waals surface area contributed by atoms with Gasteiger partial charge in [-0.25, -0.2) is 0 Å². The number of rotatable bonds is 1. The van der Waals surface area contributed by atoms with Crippen molar-refractivity contribution in [2.45, 2.75) is 6.92 Å². The van der Waals surface area contributed by atoms with Crippen LogP contribution in [-0.2, 0) is 0 Å². The van der Waals surface area contributed by atoms with Gasteiger partial charge in [0.1, 0.15) is 0 Å². The lowest BCUT2D eigenvalue weighted by Crippen LogP contribution is -1.71. The molecule has 0 spiro atoms. The van der Waals surface area contributed by atoms with E-state index in [0.717, 1.165) is 0 Å². The number of halogens is 1. The summed E-state index contributed by atoms with van der Waals surface area (Å²) in [6.07, 6.45) is 0. The Hall–Kier alpha value is -1.29. The van der Waals surface area contributed by atoms with Gasteiger partial charge in [0.05, 0.1) is 0 Å². The maximum atomic E-state index is 5.56. The van der Waals surface area contributed by atoms with E-state index in [9.17, 15) is 0 Å². The van der Waals surface area contributed by atoms with Crippen LogP contribution in [-0.4, -0.2) is 10.2 Å². The smallest absolute Gasteiger partial charge is 0.283 e. The maximum absolute atomic E-state index is 5.56. The second-order valence-corrected chi connectivity index (χ2v) is 2.60. The summed E-state index contributed by atoms with van der Waals surface area (Å²) in [6, 6.07) is 3.30. The molecule has 0 N–H and O–H groups in total. The summed E-state index contributed by atoms with van der Waals surface area (Å²) in [5.74, 6) is 1.33. The van der Waals surface area contributed by atoms with Crippen LogP contribution >= 0.6 is 11.6 Å². The van der Waals surface area contributed by atoms with Gasteiger partial charge in [0.25, 0.3) is 5.89 Å². The summed E-state index contributed by atoms with van der Waals surface area (Å²) >= 11 is 5.56. The lowest BCUT2D eigenvalue weighted by Gasteiger charge is -1.83. The predicted molar refractivity (Wildman–Crippen MR) is 41.7 cm³/mol. The third-order valence-electron chi connectivity index (χ3n) is 1.31. The molecule has 0 aliphatic rings. The highest BCUT2D eigenvalue weighted by atomic mass is 35.5. The second-order valence-electron chi connectivity index (χ2n) is 2.23. The summed E-state index contributed by atoms with van der Waals surface area (Å²) in [7, 11) is 0. The zero-order valence-electron chi connectivity index (χ0n) is 6.24. The highest BCUT2D eigenvalue weighted by Crippen LogP contribution is 2.22. The standard InChI is InChI=1S/C7H5ClN2O2/c1-4-9-10-7(11-4)5-2-3-6(8)12-5/h2-3H,1H3. The molecule has 62 valence electrons. The van der Waals surface area contributed by atoms with Crippen molar-refractivity contribution in [3.63, 3.8) is 0 Å². The zero-order chi connectivity index (χ0) is 8.55. The van der Waals surface area contributed by atoms with E-state index in [1.165, 1.54) is 0 Å². The first kappa shape index (κ1) is 7.36. The molecule has 0 aromatic carbocycles. The SMILES string of the molecule is Cc1nnc(-c2ccc(Cl)o2)o1. The van der Waals surface area contributed by atoms with Crippen LogP contribution < -0.4 is 0 Å². The summed E-state index contributed by atoms with van der Waals surface area (Å²) in [4.78, 5) is 0. The summed E-state index contributed by atoms with van der Waals surface area (Å²) in [6.45, 7) is 1.71. The molecule has 2 aromatic heterocycles. The fraction of sp³-hybridized carbons (Fsp3) is 0.143. The summed E-state index contributed by atoms with van der Waals surface area (Å²) in [5, 5.41) is 7.72. The Labute approximate surface area is 73.2 Å². The minimum atomic E-state index is 0.306. The molecule has 0 fully saturated rings. The fourth-order valence-corrected chi connectivity index (χ4v) is 0.971. The molecule has 0 atom stereocenters. The number of aromatic nitrogens is 2. The Bertz CT molecular complexity index is 355. The van der Waals surface area contributed by atoms with E-state index in [0.29, 0.717) is 22.8 Å². The first-order valence-corrected chi connectivity index (χ1v) is 3.69. The van der Waals surface area contributed by atoms with Crippen molar-refractivity contribution in [3.8, 4) is 11.7 Å². The van der Waals surface area contributed by atoms with E-state index >= 15 is 0 Å². The maximum Gasteiger partial charge on any atom is 0.283 e. The van der Waals surface area contributed by atoms with Crippen LogP contribution in [0, 0.1) is 6.92 Å². The Kier molecular flexibility index (Phi) is 1.62. The molecule has 0 aliphatic carbocycles. The zero-order valence-corrected chi connectivity index (χ0v) is 7.00. The molecule has 12 heavy (non-hydrogen) atoms. The topological polar surface area (TPSA) is 52.1 Å². The molecular weight excluding hydrogens is 180 g/mol. The van der Waals surface area contributed by atoms with Crippen molar-refractivity contribution in [1.29, 1.82) is 0 Å². The third-order valence-corrected chi connectivity index (χ3v) is 1.51. The van der Waals surface area contributed by atoms with Crippen LogP contribution in [0.25, 0.3) is 11.7 Å². The number of nitrogens with zero attached hydrogens (tertiary/aromatic N) is 2. The lowest BCUT2D eigenvalue weighted by molar-refractivity contribution is 0.497. The Balaban J connectivity index is 2.43. The normalized spacial score (nSPS) is 10.5. The van der Waals surface area contributed by atoms with E-state index in [1.807, 2.05) is 0 Å². The van der Waals surface area contributed by atoms with Crippen molar-refractivity contribution in [3.05, 3.63) is 23.2 Å². The summed E-state index contributed by atoms with van der Waals surface area (Å²) < 4.78 is 10.2. The second kappa shape index (κ2) is 2.64. The molecule has 0 aliphatic heterocycles. The molecule has 0 saturated carbocycles. The van der Waals surface area contributed by atoms with Gasteiger partial charge >= 0.3 is 0 Å². The highest BCUT2D eigenvalue weighted by Gasteiger charge is 2.09. The molecule has 4 nitrogen and oxygen atoms in total. The molecule has 2 aromatic rings. The molecule has 0 unspecified atom stereocenters. The minimum Gasteiger partial charge on any atom is -0.440 e. The molecule has 0 saturated heterocycles. The van der Waals surface area contributed by atoms with Crippen molar-refractivity contribution in [1.82, 2.24) is 10.2 Å². The van der Waals surface area contributed by atoms with Gasteiger partial charge in [-0.05, 0) is 23.7 Å². The molecular formula is C7H5ClN2O2. The van der Waals surface area contributed by atoms with Gasteiger partial charge in [-0.1, -0.05) is 0 Å². The average molecular weight is 185 g/mol. The Morgan fingerprint density at radius 3 is 2.58 bits per heavy atom. The van der Waals surface area contributed by atoms with Crippen LogP contribution in [0.4, 0.5) is 0 Å². The van der Waals surface area contributed by atoms with Crippen LogP contribution in [0.15, 0.2) is 21.0 Å². The van der Waals surface area contributed by atoms with Gasteiger partial charge in [0, 0.05) is 6.92 Å². The molecule has 2 heterocycles. The first-order chi connectivity index (χ1) is 5.75. The minimum absolute atomic E-state index is 0.306. The fourth-order valence-electron chi connectivity index (χ4n) is 0.825. The monoisotopic (exact) mass is 184 g/mol. The van der Waals surface area contributed by atoms with Gasteiger partial charge in [-0.2, -0.15) is 0 Å². The third kappa shape index (κ3) is 1.21. The number of furan rings is 1. The van der Waals surface area contributed by atoms with Crippen molar-refractivity contribution >= 4 is 11.6 Å². The quantitative estimate of drug-likeness (QED) is 0.682. The van der Waals surface area contributed by atoms with Crippen LogP contribution in [0.2, 0.25) is 5.22 Å². The van der Waals surface area contributed by atoms with E-state index < -0.39 is 0 Å². The highest BCUT2D eigenvalue weighted by molar-refractivity contribution is 6.28. The predicted octanol–water partition coefficient (Wildman–Crippen LogP) is 2.29. The van der Waals surface area contributed by atoms with E-state index in [2.05, 4.69) is 10.2 Å². The van der Waals surface area contributed by atoms with Crippen molar-refractivity contribution in [2.24, 2.45) is 0 Å². The average Bonchev–Trinajstić information content (AvgIpc) is 2.58. The Morgan fingerprint density at radius 1 is 1.25 bits per heavy atom. The van der Waals surface area contributed by atoms with Gasteiger partial charge in [-0.15, -0.1) is 10.2 Å². The van der Waals surface area contributed by atoms with Crippen LogP contribution in [0.1, 0.15) is 5.89 Å². The van der Waals surface area contributed by atoms with Gasteiger partial charge in [-0.3, -0.25) is 0 Å². The molecule has 0 amide bonds.